The first-order valence-corrected chi connectivity index (χ1v) is 7.44. The van der Waals surface area contributed by atoms with Crippen molar-refractivity contribution in [2.24, 2.45) is 0 Å². The molecule has 4 rings (SSSR count). The van der Waals surface area contributed by atoms with Gasteiger partial charge in [0.1, 0.15) is 17.9 Å². The highest BCUT2D eigenvalue weighted by atomic mass is 16.5. The minimum absolute atomic E-state index is 0.341. The zero-order valence-electron chi connectivity index (χ0n) is 11.5. The Hall–Kier alpha value is -1.69. The lowest BCUT2D eigenvalue weighted by atomic mass is 10.0. The Bertz CT molecular complexity index is 560. The van der Waals surface area contributed by atoms with Crippen LogP contribution in [0.4, 0.5) is 0 Å². The molecule has 0 radical (unpaired) electrons. The maximum absolute atomic E-state index is 5.44. The largest absolute Gasteiger partial charge is 0.361 e. The van der Waals surface area contributed by atoms with Crippen molar-refractivity contribution in [3.05, 3.63) is 29.7 Å². The molecule has 0 aromatic carbocycles. The molecule has 2 aromatic rings. The Morgan fingerprint density at radius 1 is 1.30 bits per heavy atom. The van der Waals surface area contributed by atoms with E-state index in [1.165, 1.54) is 31.2 Å². The van der Waals surface area contributed by atoms with E-state index in [2.05, 4.69) is 25.2 Å². The molecular formula is C14H19N5O. The molecular weight excluding hydrogens is 254 g/mol. The number of nitrogens with zero attached hydrogens (tertiary/aromatic N) is 4. The summed E-state index contributed by atoms with van der Waals surface area (Å²) in [5.74, 6) is 2.70. The summed E-state index contributed by atoms with van der Waals surface area (Å²) >= 11 is 0. The quantitative estimate of drug-likeness (QED) is 0.926. The number of likely N-dealkylation sites (tertiary alicyclic amines) is 1. The number of rotatable bonds is 4. The molecule has 2 fully saturated rings. The van der Waals surface area contributed by atoms with Crippen LogP contribution in [0.3, 0.4) is 0 Å². The third-order valence-electron chi connectivity index (χ3n) is 4.36. The van der Waals surface area contributed by atoms with Crippen molar-refractivity contribution < 1.29 is 4.52 Å². The highest BCUT2D eigenvalue weighted by molar-refractivity contribution is 5.21. The van der Waals surface area contributed by atoms with E-state index in [0.717, 1.165) is 31.1 Å². The summed E-state index contributed by atoms with van der Waals surface area (Å²) in [4.78, 5) is 6.82. The molecule has 0 bridgehead atoms. The Balaban J connectivity index is 1.54. The lowest BCUT2D eigenvalue weighted by Gasteiger charge is -2.34. The van der Waals surface area contributed by atoms with Crippen molar-refractivity contribution >= 4 is 0 Å². The summed E-state index contributed by atoms with van der Waals surface area (Å²) in [6.07, 6.45) is 9.60. The lowest BCUT2D eigenvalue weighted by molar-refractivity contribution is 0.133. The number of piperidine rings is 1. The fourth-order valence-electron chi connectivity index (χ4n) is 3.15. The van der Waals surface area contributed by atoms with Gasteiger partial charge in [-0.25, -0.2) is 4.98 Å². The smallest absolute Gasteiger partial charge is 0.144 e. The average Bonchev–Trinajstić information content (AvgIpc) is 3.00. The fraction of sp³-hybridized carbons (Fsp3) is 0.643. The molecule has 2 aromatic heterocycles. The van der Waals surface area contributed by atoms with Crippen LogP contribution in [0.2, 0.25) is 0 Å². The van der Waals surface area contributed by atoms with Gasteiger partial charge in [-0.1, -0.05) is 11.6 Å². The molecule has 1 aliphatic heterocycles. The molecule has 1 saturated carbocycles. The van der Waals surface area contributed by atoms with E-state index < -0.39 is 0 Å². The molecule has 3 heterocycles. The number of H-pyrrole nitrogens is 1. The molecule has 0 unspecified atom stereocenters. The molecule has 2 aliphatic rings. The van der Waals surface area contributed by atoms with Gasteiger partial charge >= 0.3 is 0 Å². The maximum atomic E-state index is 5.44. The van der Waals surface area contributed by atoms with Gasteiger partial charge in [0.15, 0.2) is 0 Å². The van der Waals surface area contributed by atoms with Gasteiger partial charge in [0.2, 0.25) is 0 Å². The van der Waals surface area contributed by atoms with Crippen molar-refractivity contribution in [2.75, 3.05) is 6.54 Å². The normalized spacial score (nSPS) is 24.1. The Morgan fingerprint density at radius 3 is 3.05 bits per heavy atom. The van der Waals surface area contributed by atoms with Crippen LogP contribution in [0.25, 0.3) is 0 Å². The summed E-state index contributed by atoms with van der Waals surface area (Å²) in [7, 11) is 0. The van der Waals surface area contributed by atoms with Crippen molar-refractivity contribution in [3.63, 3.8) is 0 Å². The lowest BCUT2D eigenvalue weighted by Crippen LogP contribution is -2.33. The molecule has 6 heteroatoms. The van der Waals surface area contributed by atoms with Crippen LogP contribution in [0.5, 0.6) is 0 Å². The maximum Gasteiger partial charge on any atom is 0.144 e. The van der Waals surface area contributed by atoms with Gasteiger partial charge < -0.3 is 4.52 Å². The van der Waals surface area contributed by atoms with Crippen molar-refractivity contribution in [2.45, 2.75) is 50.6 Å². The zero-order chi connectivity index (χ0) is 13.4. The summed E-state index contributed by atoms with van der Waals surface area (Å²) in [5, 5.41) is 11.0. The van der Waals surface area contributed by atoms with Crippen LogP contribution in [-0.4, -0.2) is 31.8 Å². The second kappa shape index (κ2) is 5.01. The van der Waals surface area contributed by atoms with Crippen LogP contribution < -0.4 is 0 Å². The van der Waals surface area contributed by atoms with E-state index in [4.69, 9.17) is 4.52 Å². The summed E-state index contributed by atoms with van der Waals surface area (Å²) in [6.45, 7) is 2.00. The second-order valence-corrected chi connectivity index (χ2v) is 5.84. The summed E-state index contributed by atoms with van der Waals surface area (Å²) < 4.78 is 5.44. The number of aromatic nitrogens is 4. The SMILES string of the molecule is c1n[nH]c([C@@H]2CCCCN2Cc2cnoc2C2CC2)n1. The van der Waals surface area contributed by atoms with Gasteiger partial charge in [0.05, 0.1) is 12.2 Å². The molecule has 0 spiro atoms. The van der Waals surface area contributed by atoms with Crippen LogP contribution >= 0.6 is 0 Å². The molecule has 106 valence electrons. The van der Waals surface area contributed by atoms with Gasteiger partial charge in [0, 0.05) is 18.0 Å². The van der Waals surface area contributed by atoms with Gasteiger partial charge in [0.25, 0.3) is 0 Å². The molecule has 1 N–H and O–H groups in total. The third kappa shape index (κ3) is 2.24. The number of aromatic amines is 1. The predicted octanol–water partition coefficient (Wildman–Crippen LogP) is 2.40. The minimum atomic E-state index is 0.341. The monoisotopic (exact) mass is 273 g/mol. The summed E-state index contributed by atoms with van der Waals surface area (Å²) in [6, 6.07) is 0.341. The van der Waals surface area contributed by atoms with Crippen LogP contribution in [0.1, 0.15) is 61.2 Å². The minimum Gasteiger partial charge on any atom is -0.361 e. The van der Waals surface area contributed by atoms with E-state index >= 15 is 0 Å². The molecule has 0 amide bonds. The molecule has 1 aliphatic carbocycles. The highest BCUT2D eigenvalue weighted by Gasteiger charge is 2.32. The predicted molar refractivity (Wildman–Crippen MR) is 71.9 cm³/mol. The molecule has 1 atom stereocenters. The van der Waals surface area contributed by atoms with Crippen molar-refractivity contribution in [1.82, 2.24) is 25.2 Å². The topological polar surface area (TPSA) is 70.8 Å². The average molecular weight is 273 g/mol. The summed E-state index contributed by atoms with van der Waals surface area (Å²) in [5.41, 5.74) is 1.25. The molecule has 6 nitrogen and oxygen atoms in total. The van der Waals surface area contributed by atoms with E-state index in [-0.39, 0.29) is 0 Å². The van der Waals surface area contributed by atoms with E-state index in [1.807, 2.05) is 6.20 Å². The number of hydrogen-bond acceptors (Lipinski definition) is 5. The number of hydrogen-bond donors (Lipinski definition) is 1. The Kier molecular flexibility index (Phi) is 3.03. The molecule has 20 heavy (non-hydrogen) atoms. The van der Waals surface area contributed by atoms with Gasteiger partial charge in [-0.15, -0.1) is 0 Å². The second-order valence-electron chi connectivity index (χ2n) is 5.84. The van der Waals surface area contributed by atoms with E-state index in [1.54, 1.807) is 6.33 Å². The van der Waals surface area contributed by atoms with Crippen LogP contribution in [0.15, 0.2) is 17.0 Å². The van der Waals surface area contributed by atoms with E-state index in [0.29, 0.717) is 12.0 Å². The van der Waals surface area contributed by atoms with E-state index in [9.17, 15) is 0 Å². The van der Waals surface area contributed by atoms with Crippen molar-refractivity contribution in [1.29, 1.82) is 0 Å². The third-order valence-corrected chi connectivity index (χ3v) is 4.36. The van der Waals surface area contributed by atoms with Gasteiger partial charge in [-0.2, -0.15) is 5.10 Å². The van der Waals surface area contributed by atoms with Crippen molar-refractivity contribution in [3.8, 4) is 0 Å². The van der Waals surface area contributed by atoms with Gasteiger partial charge in [-0.05, 0) is 32.2 Å². The number of nitrogens with one attached hydrogen (secondary N) is 1. The Morgan fingerprint density at radius 2 is 2.25 bits per heavy atom. The van der Waals surface area contributed by atoms with Crippen LogP contribution in [0, 0.1) is 0 Å². The zero-order valence-corrected chi connectivity index (χ0v) is 11.5. The van der Waals surface area contributed by atoms with Crippen LogP contribution in [-0.2, 0) is 6.54 Å². The standard InChI is InChI=1S/C14H19N5O/c1-2-6-19(12(3-1)14-15-9-16-18-14)8-11-7-17-20-13(11)10-4-5-10/h7,9-10,12H,1-6,8H2,(H,15,16,18)/t12-/m0/s1. The molecule has 1 saturated heterocycles. The highest BCUT2D eigenvalue weighted by Crippen LogP contribution is 2.42. The first-order chi connectivity index (χ1) is 9.92. The fourth-order valence-corrected chi connectivity index (χ4v) is 3.15. The van der Waals surface area contributed by atoms with Gasteiger partial charge in [-0.3, -0.25) is 10.00 Å². The Labute approximate surface area is 117 Å². The first kappa shape index (κ1) is 12.1. The first-order valence-electron chi connectivity index (χ1n) is 7.44.